The molecule has 0 bridgehead atoms. The summed E-state index contributed by atoms with van der Waals surface area (Å²) in [6, 6.07) is 2.87. The number of alkyl halides is 3. The van der Waals surface area contributed by atoms with E-state index >= 15 is 0 Å². The highest BCUT2D eigenvalue weighted by atomic mass is 35.5. The maximum absolute atomic E-state index is 12.7. The minimum absolute atomic E-state index is 0.214. The van der Waals surface area contributed by atoms with Crippen molar-refractivity contribution in [3.63, 3.8) is 0 Å². The third-order valence-electron chi connectivity index (χ3n) is 2.30. The van der Waals surface area contributed by atoms with Crippen LogP contribution in [0.25, 0.3) is 0 Å². The first-order chi connectivity index (χ1) is 9.29. The molecule has 0 aliphatic heterocycles. The summed E-state index contributed by atoms with van der Waals surface area (Å²) in [6.45, 7) is 0. The Morgan fingerprint density at radius 3 is 2.70 bits per heavy atom. The number of aromatic amines is 1. The molecule has 9 heteroatoms. The lowest BCUT2D eigenvalue weighted by molar-refractivity contribution is -0.137. The minimum atomic E-state index is -4.64. The normalized spacial score (nSPS) is 11.4. The molecular weight excluding hydrogens is 301 g/mol. The summed E-state index contributed by atoms with van der Waals surface area (Å²) in [4.78, 5) is 10.8. The lowest BCUT2D eigenvalue weighted by Crippen LogP contribution is -2.06. The summed E-state index contributed by atoms with van der Waals surface area (Å²) in [5, 5.41) is 14.0. The van der Waals surface area contributed by atoms with E-state index in [2.05, 4.69) is 10.2 Å². The largest absolute Gasteiger partial charge is 0.477 e. The molecule has 5 nitrogen and oxygen atoms in total. The van der Waals surface area contributed by atoms with Gasteiger partial charge in [0.25, 0.3) is 0 Å². The molecule has 0 amide bonds. The van der Waals surface area contributed by atoms with Gasteiger partial charge in [-0.2, -0.15) is 18.3 Å². The number of rotatable bonds is 3. The zero-order chi connectivity index (χ0) is 14.9. The van der Waals surface area contributed by atoms with Gasteiger partial charge in [-0.3, -0.25) is 0 Å². The molecule has 1 aromatic carbocycles. The van der Waals surface area contributed by atoms with E-state index in [1.165, 1.54) is 6.07 Å². The van der Waals surface area contributed by atoms with Crippen LogP contribution in [0.1, 0.15) is 15.9 Å². The van der Waals surface area contributed by atoms with Crippen LogP contribution in [0.15, 0.2) is 24.4 Å². The Balaban J connectivity index is 2.35. The summed E-state index contributed by atoms with van der Waals surface area (Å²) in [5.74, 6) is -1.81. The first-order valence-electron chi connectivity index (χ1n) is 5.10. The van der Waals surface area contributed by atoms with Crippen molar-refractivity contribution in [1.29, 1.82) is 0 Å². The number of aromatic nitrogens is 2. The van der Waals surface area contributed by atoms with Crippen molar-refractivity contribution in [2.24, 2.45) is 0 Å². The number of nitrogens with zero attached hydrogens (tertiary/aromatic N) is 1. The lowest BCUT2D eigenvalue weighted by Gasteiger charge is -2.11. The van der Waals surface area contributed by atoms with E-state index in [1.54, 1.807) is 0 Å². The molecule has 1 heterocycles. The number of benzene rings is 1. The number of carboxylic acid groups (broad SMARTS) is 1. The monoisotopic (exact) mass is 306 g/mol. The van der Waals surface area contributed by atoms with Crippen LogP contribution >= 0.6 is 11.6 Å². The van der Waals surface area contributed by atoms with Crippen LogP contribution in [0.2, 0.25) is 5.02 Å². The predicted molar refractivity (Wildman–Crippen MR) is 62.1 cm³/mol. The van der Waals surface area contributed by atoms with Crippen molar-refractivity contribution in [2.75, 3.05) is 0 Å². The van der Waals surface area contributed by atoms with Crippen molar-refractivity contribution in [2.45, 2.75) is 6.18 Å². The Bertz CT molecular complexity index is 655. The maximum atomic E-state index is 12.7. The van der Waals surface area contributed by atoms with Crippen molar-refractivity contribution in [1.82, 2.24) is 10.2 Å². The van der Waals surface area contributed by atoms with Crippen LogP contribution in [-0.2, 0) is 6.18 Å². The van der Waals surface area contributed by atoms with E-state index in [9.17, 15) is 18.0 Å². The molecule has 2 aromatic rings. The highest BCUT2D eigenvalue weighted by Crippen LogP contribution is 2.37. The fourth-order valence-corrected chi connectivity index (χ4v) is 1.63. The van der Waals surface area contributed by atoms with E-state index in [0.29, 0.717) is 6.07 Å². The topological polar surface area (TPSA) is 75.2 Å². The second-order valence-corrected chi connectivity index (χ2v) is 4.07. The maximum Gasteiger partial charge on any atom is 0.417 e. The minimum Gasteiger partial charge on any atom is -0.477 e. The van der Waals surface area contributed by atoms with E-state index in [-0.39, 0.29) is 17.2 Å². The van der Waals surface area contributed by atoms with Crippen LogP contribution in [0, 0.1) is 0 Å². The highest BCUT2D eigenvalue weighted by Gasteiger charge is 2.33. The van der Waals surface area contributed by atoms with Crippen LogP contribution in [0.4, 0.5) is 13.2 Å². The van der Waals surface area contributed by atoms with Gasteiger partial charge in [0, 0.05) is 0 Å². The van der Waals surface area contributed by atoms with Gasteiger partial charge in [-0.25, -0.2) is 9.89 Å². The van der Waals surface area contributed by atoms with Gasteiger partial charge in [0.15, 0.2) is 0 Å². The Morgan fingerprint density at radius 1 is 1.40 bits per heavy atom. The zero-order valence-electron chi connectivity index (χ0n) is 9.53. The SMILES string of the molecule is O=C(O)c1cn[nH]c1Oc1ccc(Cl)c(C(F)(F)F)c1. The second-order valence-electron chi connectivity index (χ2n) is 3.66. The van der Waals surface area contributed by atoms with Gasteiger partial charge < -0.3 is 9.84 Å². The van der Waals surface area contributed by atoms with Crippen molar-refractivity contribution in [3.8, 4) is 11.6 Å². The molecule has 0 aliphatic carbocycles. The third kappa shape index (κ3) is 2.85. The summed E-state index contributed by atoms with van der Waals surface area (Å²) in [7, 11) is 0. The van der Waals surface area contributed by atoms with Crippen molar-refractivity contribution in [3.05, 3.63) is 40.5 Å². The van der Waals surface area contributed by atoms with E-state index in [1.807, 2.05) is 0 Å². The van der Waals surface area contributed by atoms with E-state index in [4.69, 9.17) is 21.4 Å². The molecule has 0 saturated heterocycles. The second kappa shape index (κ2) is 5.04. The van der Waals surface area contributed by atoms with Crippen LogP contribution in [-0.4, -0.2) is 21.3 Å². The molecule has 2 N–H and O–H groups in total. The number of aromatic carboxylic acids is 1. The summed E-state index contributed by atoms with van der Waals surface area (Å²) in [5.41, 5.74) is -1.37. The quantitative estimate of drug-likeness (QED) is 0.909. The molecular formula is C11H6ClF3N2O3. The molecule has 106 valence electrons. The molecule has 0 radical (unpaired) electrons. The van der Waals surface area contributed by atoms with Gasteiger partial charge in [0.1, 0.15) is 11.3 Å². The lowest BCUT2D eigenvalue weighted by atomic mass is 10.2. The van der Waals surface area contributed by atoms with Crippen molar-refractivity contribution >= 4 is 17.6 Å². The zero-order valence-corrected chi connectivity index (χ0v) is 10.3. The van der Waals surface area contributed by atoms with Crippen LogP contribution < -0.4 is 4.74 Å². The molecule has 0 unspecified atom stereocenters. The Kier molecular flexibility index (Phi) is 3.58. The number of halogens is 4. The van der Waals surface area contributed by atoms with Crippen molar-refractivity contribution < 1.29 is 27.8 Å². The number of ether oxygens (including phenoxy) is 1. The predicted octanol–water partition coefficient (Wildman–Crippen LogP) is 3.57. The molecule has 0 atom stereocenters. The van der Waals surface area contributed by atoms with Gasteiger partial charge >= 0.3 is 12.1 Å². The molecule has 20 heavy (non-hydrogen) atoms. The Morgan fingerprint density at radius 2 is 2.10 bits per heavy atom. The molecule has 0 aliphatic rings. The van der Waals surface area contributed by atoms with E-state index in [0.717, 1.165) is 12.3 Å². The highest BCUT2D eigenvalue weighted by molar-refractivity contribution is 6.31. The molecule has 0 spiro atoms. The fourth-order valence-electron chi connectivity index (χ4n) is 1.41. The number of nitrogens with one attached hydrogen (secondary N) is 1. The molecule has 2 rings (SSSR count). The third-order valence-corrected chi connectivity index (χ3v) is 2.63. The van der Waals surface area contributed by atoms with Gasteiger partial charge in [-0.15, -0.1) is 0 Å². The standard InChI is InChI=1S/C11H6ClF3N2O3/c12-8-2-1-5(3-7(8)11(13,14)15)20-9-6(10(18)19)4-16-17-9/h1-4H,(H,16,17)(H,18,19). The first-order valence-corrected chi connectivity index (χ1v) is 5.48. The van der Waals surface area contributed by atoms with Crippen LogP contribution in [0.5, 0.6) is 11.6 Å². The Hall–Kier alpha value is -2.22. The number of carboxylic acids is 1. The summed E-state index contributed by atoms with van der Waals surface area (Å²) >= 11 is 5.45. The first kappa shape index (κ1) is 14.2. The smallest absolute Gasteiger partial charge is 0.417 e. The fraction of sp³-hybridized carbons (Fsp3) is 0.0909. The number of hydrogen-bond acceptors (Lipinski definition) is 3. The van der Waals surface area contributed by atoms with Gasteiger partial charge in [0.05, 0.1) is 16.8 Å². The molecule has 0 saturated carbocycles. The van der Waals surface area contributed by atoms with Gasteiger partial charge in [0.2, 0.25) is 5.88 Å². The van der Waals surface area contributed by atoms with Gasteiger partial charge in [-0.1, -0.05) is 11.6 Å². The van der Waals surface area contributed by atoms with Gasteiger partial charge in [-0.05, 0) is 18.2 Å². The average Bonchev–Trinajstić information content (AvgIpc) is 2.78. The Labute approximate surface area is 114 Å². The van der Waals surface area contributed by atoms with Crippen LogP contribution in [0.3, 0.4) is 0 Å². The number of hydrogen-bond donors (Lipinski definition) is 2. The van der Waals surface area contributed by atoms with E-state index < -0.39 is 22.7 Å². The number of carbonyl (C=O) groups is 1. The molecule has 0 fully saturated rings. The summed E-state index contributed by atoms with van der Waals surface area (Å²) in [6.07, 6.45) is -3.65. The number of H-pyrrole nitrogens is 1. The molecule has 1 aromatic heterocycles. The average molecular weight is 307 g/mol. The summed E-state index contributed by atoms with van der Waals surface area (Å²) < 4.78 is 43.0.